The number of ether oxygens (including phenoxy) is 1. The lowest BCUT2D eigenvalue weighted by Gasteiger charge is -2.11. The molecule has 0 saturated heterocycles. The SMILES string of the molecule is CC(=O)c1ccc(-c2cnn3cc(Oc4cccnn4)ccc23)nc1-c1cnn(CC(F)(F)F)c1C. The van der Waals surface area contributed by atoms with Crippen molar-refractivity contribution >= 4 is 11.3 Å². The van der Waals surface area contributed by atoms with E-state index >= 15 is 0 Å². The smallest absolute Gasteiger partial charge is 0.408 e. The van der Waals surface area contributed by atoms with Gasteiger partial charge in [-0.2, -0.15) is 28.5 Å². The van der Waals surface area contributed by atoms with Crippen LogP contribution in [0.3, 0.4) is 0 Å². The van der Waals surface area contributed by atoms with Crippen molar-refractivity contribution in [1.82, 2.24) is 34.6 Å². The average molecular weight is 493 g/mol. The Labute approximate surface area is 202 Å². The van der Waals surface area contributed by atoms with Crippen molar-refractivity contribution in [2.75, 3.05) is 0 Å². The number of aromatic nitrogens is 7. The number of carbonyl (C=O) groups excluding carboxylic acids is 1. The lowest BCUT2D eigenvalue weighted by Crippen LogP contribution is -2.19. The molecule has 0 radical (unpaired) electrons. The van der Waals surface area contributed by atoms with E-state index in [4.69, 9.17) is 4.74 Å². The molecule has 0 N–H and O–H groups in total. The Morgan fingerprint density at radius 3 is 2.58 bits per heavy atom. The molecule has 0 atom stereocenters. The van der Waals surface area contributed by atoms with Crippen LogP contribution in [0.25, 0.3) is 28.0 Å². The molecule has 12 heteroatoms. The summed E-state index contributed by atoms with van der Waals surface area (Å²) in [7, 11) is 0. The number of fused-ring (bicyclic) bond motifs is 1. The zero-order chi connectivity index (χ0) is 25.4. The number of nitrogens with zero attached hydrogens (tertiary/aromatic N) is 7. The van der Waals surface area contributed by atoms with Crippen LogP contribution in [0, 0.1) is 6.92 Å². The molecule has 0 bridgehead atoms. The van der Waals surface area contributed by atoms with Crippen LogP contribution in [0.1, 0.15) is 23.0 Å². The molecular formula is C24H18F3N7O2. The molecule has 5 rings (SSSR count). The third-order valence-electron chi connectivity index (χ3n) is 5.50. The van der Waals surface area contributed by atoms with Gasteiger partial charge < -0.3 is 4.74 Å². The number of hydrogen-bond acceptors (Lipinski definition) is 7. The van der Waals surface area contributed by atoms with Crippen molar-refractivity contribution in [3.05, 3.63) is 72.4 Å². The van der Waals surface area contributed by atoms with Gasteiger partial charge in [0.2, 0.25) is 5.88 Å². The molecule has 0 unspecified atom stereocenters. The topological polar surface area (TPSA) is 100 Å². The maximum Gasteiger partial charge on any atom is 0.408 e. The number of ketones is 1. The van der Waals surface area contributed by atoms with Gasteiger partial charge in [-0.25, -0.2) is 9.50 Å². The highest BCUT2D eigenvalue weighted by Gasteiger charge is 2.30. The molecule has 0 amide bonds. The maximum absolute atomic E-state index is 12.9. The minimum Gasteiger partial charge on any atom is -0.436 e. The molecule has 36 heavy (non-hydrogen) atoms. The summed E-state index contributed by atoms with van der Waals surface area (Å²) in [6.07, 6.45) is 1.69. The number of pyridine rings is 2. The summed E-state index contributed by atoms with van der Waals surface area (Å²) in [4.78, 5) is 17.0. The van der Waals surface area contributed by atoms with Crippen LogP contribution >= 0.6 is 0 Å². The highest BCUT2D eigenvalue weighted by molar-refractivity contribution is 6.00. The van der Waals surface area contributed by atoms with Gasteiger partial charge in [0.05, 0.1) is 35.5 Å². The van der Waals surface area contributed by atoms with Gasteiger partial charge in [0.1, 0.15) is 12.3 Å². The van der Waals surface area contributed by atoms with E-state index < -0.39 is 12.7 Å². The molecule has 0 aliphatic carbocycles. The quantitative estimate of drug-likeness (QED) is 0.310. The number of hydrogen-bond donors (Lipinski definition) is 0. The first-order valence-electron chi connectivity index (χ1n) is 10.7. The Bertz CT molecular complexity index is 1580. The summed E-state index contributed by atoms with van der Waals surface area (Å²) >= 11 is 0. The molecule has 0 aliphatic rings. The molecule has 182 valence electrons. The molecule has 5 heterocycles. The summed E-state index contributed by atoms with van der Waals surface area (Å²) < 4.78 is 46.9. The predicted octanol–water partition coefficient (Wildman–Crippen LogP) is 4.92. The fourth-order valence-corrected chi connectivity index (χ4v) is 3.79. The molecule has 9 nitrogen and oxygen atoms in total. The lowest BCUT2D eigenvalue weighted by atomic mass is 10.0. The summed E-state index contributed by atoms with van der Waals surface area (Å²) in [5, 5.41) is 15.9. The van der Waals surface area contributed by atoms with Gasteiger partial charge >= 0.3 is 6.18 Å². The van der Waals surface area contributed by atoms with E-state index in [1.54, 1.807) is 53.3 Å². The largest absolute Gasteiger partial charge is 0.436 e. The van der Waals surface area contributed by atoms with Crippen LogP contribution < -0.4 is 4.74 Å². The monoisotopic (exact) mass is 493 g/mol. The fourth-order valence-electron chi connectivity index (χ4n) is 3.79. The Balaban J connectivity index is 1.54. The van der Waals surface area contributed by atoms with E-state index in [0.29, 0.717) is 34.0 Å². The second-order valence-electron chi connectivity index (χ2n) is 7.98. The molecule has 0 saturated carbocycles. The van der Waals surface area contributed by atoms with Gasteiger partial charge in [-0.15, -0.1) is 5.10 Å². The molecule has 0 aliphatic heterocycles. The standard InChI is InChI=1S/C24H18F3N7O2/c1-14-18(10-30-34(14)13-24(25,26)27)23-17(15(2)35)6-7-20(31-23)19-11-29-33-12-16(5-8-21(19)33)36-22-4-3-9-28-32-22/h3-12H,13H2,1-2H3. The first-order chi connectivity index (χ1) is 17.2. The van der Waals surface area contributed by atoms with Gasteiger partial charge in [-0.1, -0.05) is 0 Å². The van der Waals surface area contributed by atoms with Crippen LogP contribution in [0.15, 0.2) is 61.2 Å². The van der Waals surface area contributed by atoms with Crippen molar-refractivity contribution < 1.29 is 22.7 Å². The number of carbonyl (C=O) groups is 1. The Kier molecular flexibility index (Phi) is 5.71. The average Bonchev–Trinajstić information content (AvgIpc) is 3.41. The predicted molar refractivity (Wildman–Crippen MR) is 123 cm³/mol. The summed E-state index contributed by atoms with van der Waals surface area (Å²) in [6.45, 7) is 1.66. The lowest BCUT2D eigenvalue weighted by molar-refractivity contribution is -0.142. The first kappa shape index (κ1) is 23.1. The molecule has 5 aromatic rings. The minimum absolute atomic E-state index is 0.255. The van der Waals surface area contributed by atoms with Crippen LogP contribution in [-0.4, -0.2) is 46.5 Å². The third-order valence-corrected chi connectivity index (χ3v) is 5.50. The van der Waals surface area contributed by atoms with Gasteiger partial charge in [0.15, 0.2) is 5.78 Å². The van der Waals surface area contributed by atoms with Crippen molar-refractivity contribution in [1.29, 1.82) is 0 Å². The van der Waals surface area contributed by atoms with E-state index in [9.17, 15) is 18.0 Å². The van der Waals surface area contributed by atoms with Crippen LogP contribution in [0.4, 0.5) is 13.2 Å². The normalized spacial score (nSPS) is 11.7. The number of Topliss-reactive ketones (excluding diaryl/α,β-unsaturated/α-hetero) is 1. The summed E-state index contributed by atoms with van der Waals surface area (Å²) in [5.41, 5.74) is 3.01. The van der Waals surface area contributed by atoms with E-state index in [1.165, 1.54) is 26.2 Å². The van der Waals surface area contributed by atoms with Crippen molar-refractivity contribution in [3.63, 3.8) is 0 Å². The van der Waals surface area contributed by atoms with Gasteiger partial charge in [-0.3, -0.25) is 9.48 Å². The molecule has 0 aromatic carbocycles. The van der Waals surface area contributed by atoms with E-state index in [0.717, 1.165) is 4.68 Å². The van der Waals surface area contributed by atoms with Gasteiger partial charge in [-0.05, 0) is 44.2 Å². The zero-order valence-electron chi connectivity index (χ0n) is 19.1. The Morgan fingerprint density at radius 1 is 1.06 bits per heavy atom. The fraction of sp³-hybridized carbons (Fsp3) is 0.167. The van der Waals surface area contributed by atoms with E-state index in [-0.39, 0.29) is 22.7 Å². The molecule has 0 spiro atoms. The maximum atomic E-state index is 12.9. The zero-order valence-corrected chi connectivity index (χ0v) is 19.1. The highest BCUT2D eigenvalue weighted by Crippen LogP contribution is 2.32. The molecular weight excluding hydrogens is 475 g/mol. The van der Waals surface area contributed by atoms with Gasteiger partial charge in [0, 0.05) is 34.6 Å². The first-order valence-corrected chi connectivity index (χ1v) is 10.7. The number of alkyl halides is 3. The van der Waals surface area contributed by atoms with Gasteiger partial charge in [0.25, 0.3) is 0 Å². The van der Waals surface area contributed by atoms with Crippen LogP contribution in [-0.2, 0) is 6.54 Å². The second-order valence-corrected chi connectivity index (χ2v) is 7.98. The number of rotatable bonds is 6. The third kappa shape index (κ3) is 4.52. The van der Waals surface area contributed by atoms with Crippen LogP contribution in [0.5, 0.6) is 11.6 Å². The Hall–Kier alpha value is -4.61. The Morgan fingerprint density at radius 2 is 1.86 bits per heavy atom. The molecule has 5 aromatic heterocycles. The van der Waals surface area contributed by atoms with Crippen LogP contribution in [0.2, 0.25) is 0 Å². The van der Waals surface area contributed by atoms with E-state index in [2.05, 4.69) is 25.4 Å². The van der Waals surface area contributed by atoms with Crippen molar-refractivity contribution in [3.8, 4) is 34.1 Å². The van der Waals surface area contributed by atoms with Crippen molar-refractivity contribution in [2.24, 2.45) is 0 Å². The van der Waals surface area contributed by atoms with E-state index in [1.807, 2.05) is 0 Å². The van der Waals surface area contributed by atoms with Crippen molar-refractivity contribution in [2.45, 2.75) is 26.6 Å². The summed E-state index contributed by atoms with van der Waals surface area (Å²) in [5.74, 6) is 0.556. The minimum atomic E-state index is -4.43. The number of halogens is 3. The highest BCUT2D eigenvalue weighted by atomic mass is 19.4. The summed E-state index contributed by atoms with van der Waals surface area (Å²) in [6, 6.07) is 10.2. The second kappa shape index (κ2) is 8.87. The molecule has 0 fully saturated rings.